The van der Waals surface area contributed by atoms with Crippen molar-refractivity contribution in [3.63, 3.8) is 0 Å². The number of rotatable bonds is 2. The second kappa shape index (κ2) is 3.40. The molecule has 0 amide bonds. The highest BCUT2D eigenvalue weighted by Crippen LogP contribution is 2.31. The summed E-state index contributed by atoms with van der Waals surface area (Å²) in [4.78, 5) is 11.4. The van der Waals surface area contributed by atoms with Gasteiger partial charge in [0.2, 0.25) is 0 Å². The molecule has 0 saturated heterocycles. The van der Waals surface area contributed by atoms with Crippen LogP contribution in [-0.2, 0) is 4.79 Å². The van der Waals surface area contributed by atoms with Crippen LogP contribution in [0.3, 0.4) is 0 Å². The molecule has 1 N–H and O–H groups in total. The van der Waals surface area contributed by atoms with Gasteiger partial charge in [0, 0.05) is 12.3 Å². The minimum atomic E-state index is -1.11. The summed E-state index contributed by atoms with van der Waals surface area (Å²) in [6, 6.07) is 0. The first-order valence-electron chi connectivity index (χ1n) is 4.49. The molecule has 1 aliphatic rings. The van der Waals surface area contributed by atoms with Crippen LogP contribution in [0.2, 0.25) is 0 Å². The van der Waals surface area contributed by atoms with Gasteiger partial charge in [0.05, 0.1) is 0 Å². The van der Waals surface area contributed by atoms with Crippen LogP contribution in [0.4, 0.5) is 0 Å². The van der Waals surface area contributed by atoms with Crippen LogP contribution < -0.4 is 0 Å². The van der Waals surface area contributed by atoms with E-state index in [4.69, 9.17) is 0 Å². The molecule has 2 unspecified atom stereocenters. The monoisotopic (exact) mass is 168 g/mol. The highest BCUT2D eigenvalue weighted by molar-refractivity contribution is 5.88. The fourth-order valence-electron chi connectivity index (χ4n) is 1.71. The van der Waals surface area contributed by atoms with Gasteiger partial charge in [-0.2, -0.15) is 0 Å². The van der Waals surface area contributed by atoms with Gasteiger partial charge in [0.15, 0.2) is 5.78 Å². The van der Waals surface area contributed by atoms with Crippen LogP contribution in [0.25, 0.3) is 0 Å². The van der Waals surface area contributed by atoms with Crippen molar-refractivity contribution in [2.45, 2.75) is 38.2 Å². The summed E-state index contributed by atoms with van der Waals surface area (Å²) < 4.78 is 0. The minimum Gasteiger partial charge on any atom is -0.381 e. The third kappa shape index (κ3) is 1.44. The predicted molar refractivity (Wildman–Crippen MR) is 47.8 cm³/mol. The quantitative estimate of drug-likeness (QED) is 0.637. The molecule has 1 saturated carbocycles. The van der Waals surface area contributed by atoms with E-state index in [0.29, 0.717) is 12.8 Å². The lowest BCUT2D eigenvalue weighted by atomic mass is 9.75. The van der Waals surface area contributed by atoms with Gasteiger partial charge in [-0.05, 0) is 19.3 Å². The van der Waals surface area contributed by atoms with Crippen molar-refractivity contribution >= 4 is 5.78 Å². The molecule has 0 radical (unpaired) electrons. The zero-order valence-corrected chi connectivity index (χ0v) is 7.55. The van der Waals surface area contributed by atoms with Gasteiger partial charge in [-0.1, -0.05) is 13.0 Å². The standard InChI is InChI=1S/C10H16O2/c1-3-8(2)10(12)7-5-4-6-9(10)11/h3,8,12H,1,4-7H2,2H3. The average molecular weight is 168 g/mol. The number of hydrogen-bond donors (Lipinski definition) is 1. The Labute approximate surface area is 73.3 Å². The first-order valence-corrected chi connectivity index (χ1v) is 4.49. The van der Waals surface area contributed by atoms with E-state index in [1.807, 2.05) is 6.92 Å². The van der Waals surface area contributed by atoms with Gasteiger partial charge in [0.25, 0.3) is 0 Å². The summed E-state index contributed by atoms with van der Waals surface area (Å²) in [6.07, 6.45) is 4.64. The van der Waals surface area contributed by atoms with Crippen molar-refractivity contribution in [3.05, 3.63) is 12.7 Å². The molecule has 0 aliphatic heterocycles. The van der Waals surface area contributed by atoms with E-state index in [1.165, 1.54) is 0 Å². The molecule has 2 heteroatoms. The smallest absolute Gasteiger partial charge is 0.164 e. The predicted octanol–water partition coefficient (Wildman–Crippen LogP) is 1.68. The Morgan fingerprint density at radius 3 is 2.83 bits per heavy atom. The van der Waals surface area contributed by atoms with E-state index in [-0.39, 0.29) is 11.7 Å². The van der Waals surface area contributed by atoms with E-state index in [0.717, 1.165) is 12.8 Å². The third-order valence-electron chi connectivity index (χ3n) is 2.80. The fourth-order valence-corrected chi connectivity index (χ4v) is 1.71. The van der Waals surface area contributed by atoms with Crippen molar-refractivity contribution in [2.24, 2.45) is 5.92 Å². The number of carbonyl (C=O) groups excluding carboxylic acids is 1. The Balaban J connectivity index is 2.78. The van der Waals surface area contributed by atoms with Crippen molar-refractivity contribution in [1.82, 2.24) is 0 Å². The number of ketones is 1. The molecule has 12 heavy (non-hydrogen) atoms. The molecule has 68 valence electrons. The van der Waals surface area contributed by atoms with Gasteiger partial charge in [0.1, 0.15) is 5.60 Å². The Hall–Kier alpha value is -0.630. The molecule has 1 aliphatic carbocycles. The Bertz CT molecular complexity index is 198. The number of hydrogen-bond acceptors (Lipinski definition) is 2. The zero-order chi connectivity index (χ0) is 9.19. The van der Waals surface area contributed by atoms with Crippen molar-refractivity contribution < 1.29 is 9.90 Å². The van der Waals surface area contributed by atoms with Crippen LogP contribution >= 0.6 is 0 Å². The van der Waals surface area contributed by atoms with Crippen LogP contribution in [0.15, 0.2) is 12.7 Å². The molecule has 2 nitrogen and oxygen atoms in total. The van der Waals surface area contributed by atoms with E-state index >= 15 is 0 Å². The molecule has 1 fully saturated rings. The maximum atomic E-state index is 11.4. The summed E-state index contributed by atoms with van der Waals surface area (Å²) in [6.45, 7) is 5.45. The molecular formula is C10H16O2. The van der Waals surface area contributed by atoms with Crippen LogP contribution in [-0.4, -0.2) is 16.5 Å². The summed E-state index contributed by atoms with van der Waals surface area (Å²) >= 11 is 0. The average Bonchev–Trinajstić information content (AvgIpc) is 2.09. The third-order valence-corrected chi connectivity index (χ3v) is 2.80. The molecule has 0 aromatic carbocycles. The van der Waals surface area contributed by atoms with Gasteiger partial charge in [-0.15, -0.1) is 6.58 Å². The summed E-state index contributed by atoms with van der Waals surface area (Å²) in [7, 11) is 0. The Morgan fingerprint density at radius 1 is 1.67 bits per heavy atom. The number of carbonyl (C=O) groups is 1. The Morgan fingerprint density at radius 2 is 2.33 bits per heavy atom. The number of Topliss-reactive ketones (excluding diaryl/α,β-unsaturated/α-hetero) is 1. The maximum absolute atomic E-state index is 11.4. The van der Waals surface area contributed by atoms with Gasteiger partial charge in [-0.3, -0.25) is 4.79 Å². The zero-order valence-electron chi connectivity index (χ0n) is 7.55. The molecule has 0 aromatic rings. The lowest BCUT2D eigenvalue weighted by Crippen LogP contribution is -2.46. The second-order valence-corrected chi connectivity index (χ2v) is 3.58. The largest absolute Gasteiger partial charge is 0.381 e. The lowest BCUT2D eigenvalue weighted by Gasteiger charge is -2.34. The molecular weight excluding hydrogens is 152 g/mol. The van der Waals surface area contributed by atoms with Gasteiger partial charge in [-0.25, -0.2) is 0 Å². The maximum Gasteiger partial charge on any atom is 0.164 e. The fraction of sp³-hybridized carbons (Fsp3) is 0.700. The first kappa shape index (κ1) is 9.46. The molecule has 0 aromatic heterocycles. The first-order chi connectivity index (χ1) is 5.61. The van der Waals surface area contributed by atoms with Crippen LogP contribution in [0, 0.1) is 5.92 Å². The SMILES string of the molecule is C=CC(C)C1(O)CCCCC1=O. The highest BCUT2D eigenvalue weighted by atomic mass is 16.3. The van der Waals surface area contributed by atoms with Crippen LogP contribution in [0.1, 0.15) is 32.6 Å². The topological polar surface area (TPSA) is 37.3 Å². The Kier molecular flexibility index (Phi) is 2.68. The summed E-state index contributed by atoms with van der Waals surface area (Å²) in [5.74, 6) is -0.133. The van der Waals surface area contributed by atoms with E-state index in [9.17, 15) is 9.90 Å². The van der Waals surface area contributed by atoms with Gasteiger partial charge < -0.3 is 5.11 Å². The molecule has 0 heterocycles. The van der Waals surface area contributed by atoms with Gasteiger partial charge >= 0.3 is 0 Å². The van der Waals surface area contributed by atoms with Crippen LogP contribution in [0.5, 0.6) is 0 Å². The molecule has 0 spiro atoms. The second-order valence-electron chi connectivity index (χ2n) is 3.58. The van der Waals surface area contributed by atoms with Crippen molar-refractivity contribution in [1.29, 1.82) is 0 Å². The summed E-state index contributed by atoms with van der Waals surface area (Å²) in [5, 5.41) is 9.99. The van der Waals surface area contributed by atoms with E-state index in [2.05, 4.69) is 6.58 Å². The summed E-state index contributed by atoms with van der Waals surface area (Å²) in [5.41, 5.74) is -1.11. The lowest BCUT2D eigenvalue weighted by molar-refractivity contribution is -0.144. The molecule has 2 atom stereocenters. The molecule has 0 bridgehead atoms. The van der Waals surface area contributed by atoms with Crippen molar-refractivity contribution in [3.8, 4) is 0 Å². The van der Waals surface area contributed by atoms with E-state index < -0.39 is 5.60 Å². The number of aliphatic hydroxyl groups is 1. The highest BCUT2D eigenvalue weighted by Gasteiger charge is 2.40. The molecule has 1 rings (SSSR count). The normalized spacial score (nSPS) is 33.0. The minimum absolute atomic E-state index is 0.0128. The van der Waals surface area contributed by atoms with E-state index in [1.54, 1.807) is 6.08 Å². The van der Waals surface area contributed by atoms with Crippen molar-refractivity contribution in [2.75, 3.05) is 0 Å².